The summed E-state index contributed by atoms with van der Waals surface area (Å²) in [5, 5.41) is 3.32. The van der Waals surface area contributed by atoms with Crippen LogP contribution in [0.4, 0.5) is 11.6 Å². The maximum absolute atomic E-state index is 4.82. The number of hydrogen-bond donors (Lipinski definition) is 1. The summed E-state index contributed by atoms with van der Waals surface area (Å²) in [6.07, 6.45) is 2.38. The van der Waals surface area contributed by atoms with Crippen molar-refractivity contribution in [2.45, 2.75) is 45.6 Å². The Bertz CT molecular complexity index is 645. The predicted molar refractivity (Wildman–Crippen MR) is 95.2 cm³/mol. The Morgan fingerprint density at radius 2 is 1.65 bits per heavy atom. The van der Waals surface area contributed by atoms with Crippen molar-refractivity contribution in [3.63, 3.8) is 0 Å². The summed E-state index contributed by atoms with van der Waals surface area (Å²) in [5.41, 5.74) is 2.21. The van der Waals surface area contributed by atoms with Gasteiger partial charge < -0.3 is 10.2 Å². The van der Waals surface area contributed by atoms with E-state index in [1.165, 1.54) is 31.6 Å². The zero-order valence-electron chi connectivity index (χ0n) is 14.3. The lowest BCUT2D eigenvalue weighted by atomic mass is 9.92. The van der Waals surface area contributed by atoms with Crippen LogP contribution in [0.3, 0.4) is 0 Å². The summed E-state index contributed by atoms with van der Waals surface area (Å²) in [4.78, 5) is 11.9. The SMILES string of the molecule is Cc1cccc(Nc2cccc(C3CCN(C(C)C)CC3)n2)n1. The molecule has 0 radical (unpaired) electrons. The van der Waals surface area contributed by atoms with Gasteiger partial charge in [0.15, 0.2) is 0 Å². The third-order valence-electron chi connectivity index (χ3n) is 4.59. The topological polar surface area (TPSA) is 41.0 Å². The van der Waals surface area contributed by atoms with Crippen LogP contribution in [0.2, 0.25) is 0 Å². The van der Waals surface area contributed by atoms with Gasteiger partial charge in [-0.15, -0.1) is 0 Å². The van der Waals surface area contributed by atoms with E-state index in [1.54, 1.807) is 0 Å². The monoisotopic (exact) mass is 310 g/mol. The van der Waals surface area contributed by atoms with Crippen LogP contribution >= 0.6 is 0 Å². The Hall–Kier alpha value is -1.94. The third-order valence-corrected chi connectivity index (χ3v) is 4.59. The lowest BCUT2D eigenvalue weighted by Gasteiger charge is -2.34. The number of likely N-dealkylation sites (tertiary alicyclic amines) is 1. The number of hydrogen-bond acceptors (Lipinski definition) is 4. The number of aryl methyl sites for hydroxylation is 1. The normalized spacial score (nSPS) is 16.7. The molecule has 0 amide bonds. The van der Waals surface area contributed by atoms with Crippen molar-refractivity contribution < 1.29 is 0 Å². The van der Waals surface area contributed by atoms with Crippen LogP contribution in [0.5, 0.6) is 0 Å². The first-order valence-electron chi connectivity index (χ1n) is 8.53. The lowest BCUT2D eigenvalue weighted by Crippen LogP contribution is -2.38. The first kappa shape index (κ1) is 15.9. The van der Waals surface area contributed by atoms with Crippen LogP contribution < -0.4 is 5.32 Å². The number of nitrogens with zero attached hydrogens (tertiary/aromatic N) is 3. The molecule has 0 saturated carbocycles. The molecule has 4 nitrogen and oxygen atoms in total. The molecule has 0 atom stereocenters. The van der Waals surface area contributed by atoms with Gasteiger partial charge in [-0.3, -0.25) is 0 Å². The highest BCUT2D eigenvalue weighted by Gasteiger charge is 2.22. The largest absolute Gasteiger partial charge is 0.325 e. The average molecular weight is 310 g/mol. The Morgan fingerprint density at radius 3 is 2.30 bits per heavy atom. The van der Waals surface area contributed by atoms with E-state index in [9.17, 15) is 0 Å². The van der Waals surface area contributed by atoms with Crippen molar-refractivity contribution in [1.29, 1.82) is 0 Å². The van der Waals surface area contributed by atoms with Crippen molar-refractivity contribution in [1.82, 2.24) is 14.9 Å². The van der Waals surface area contributed by atoms with E-state index in [4.69, 9.17) is 4.98 Å². The minimum Gasteiger partial charge on any atom is -0.325 e. The summed E-state index contributed by atoms with van der Waals surface area (Å²) >= 11 is 0. The molecule has 23 heavy (non-hydrogen) atoms. The van der Waals surface area contributed by atoms with Crippen LogP contribution in [0.15, 0.2) is 36.4 Å². The number of nitrogens with one attached hydrogen (secondary N) is 1. The number of pyridine rings is 2. The molecule has 1 aliphatic heterocycles. The highest BCUT2D eigenvalue weighted by molar-refractivity contribution is 5.51. The quantitative estimate of drug-likeness (QED) is 0.922. The molecule has 2 aromatic rings. The Labute approximate surface area is 139 Å². The first-order valence-corrected chi connectivity index (χ1v) is 8.53. The molecule has 0 bridgehead atoms. The van der Waals surface area contributed by atoms with Gasteiger partial charge in [0, 0.05) is 23.3 Å². The maximum atomic E-state index is 4.82. The summed E-state index contributed by atoms with van der Waals surface area (Å²) < 4.78 is 0. The zero-order valence-corrected chi connectivity index (χ0v) is 14.3. The van der Waals surface area contributed by atoms with Crippen LogP contribution in [0, 0.1) is 6.92 Å². The smallest absolute Gasteiger partial charge is 0.131 e. The Balaban J connectivity index is 1.68. The van der Waals surface area contributed by atoms with E-state index in [0.717, 1.165) is 17.3 Å². The van der Waals surface area contributed by atoms with Gasteiger partial charge in [0.25, 0.3) is 0 Å². The average Bonchev–Trinajstić information content (AvgIpc) is 2.55. The molecule has 3 heterocycles. The highest BCUT2D eigenvalue weighted by atomic mass is 15.1. The second kappa shape index (κ2) is 7.09. The summed E-state index contributed by atoms with van der Waals surface area (Å²) in [7, 11) is 0. The second-order valence-corrected chi connectivity index (χ2v) is 6.64. The minimum absolute atomic E-state index is 0.567. The molecule has 0 unspecified atom stereocenters. The molecule has 0 aliphatic carbocycles. The predicted octanol–water partition coefficient (Wildman–Crippen LogP) is 4.12. The van der Waals surface area contributed by atoms with Crippen molar-refractivity contribution in [2.75, 3.05) is 18.4 Å². The molecule has 4 heteroatoms. The lowest BCUT2D eigenvalue weighted by molar-refractivity contribution is 0.171. The minimum atomic E-state index is 0.567. The van der Waals surface area contributed by atoms with Crippen molar-refractivity contribution in [2.24, 2.45) is 0 Å². The first-order chi connectivity index (χ1) is 11.1. The fraction of sp³-hybridized carbons (Fsp3) is 0.474. The number of aromatic nitrogens is 2. The van der Waals surface area contributed by atoms with Gasteiger partial charge in [0.2, 0.25) is 0 Å². The van der Waals surface area contributed by atoms with Crippen LogP contribution in [0.1, 0.15) is 44.0 Å². The molecule has 1 N–H and O–H groups in total. The maximum Gasteiger partial charge on any atom is 0.131 e. The number of piperidine rings is 1. The molecule has 122 valence electrons. The van der Waals surface area contributed by atoms with Crippen LogP contribution in [-0.4, -0.2) is 34.0 Å². The van der Waals surface area contributed by atoms with Gasteiger partial charge in [-0.25, -0.2) is 9.97 Å². The van der Waals surface area contributed by atoms with E-state index in [1.807, 2.05) is 31.2 Å². The van der Waals surface area contributed by atoms with Gasteiger partial charge in [-0.1, -0.05) is 12.1 Å². The number of anilines is 2. The van der Waals surface area contributed by atoms with Gasteiger partial charge in [-0.2, -0.15) is 0 Å². The standard InChI is InChI=1S/C19H26N4/c1-14(2)23-12-10-16(11-13-23)17-7-5-9-19(21-17)22-18-8-4-6-15(3)20-18/h4-9,14,16H,10-13H2,1-3H3,(H,20,21,22). The molecular weight excluding hydrogens is 284 g/mol. The fourth-order valence-corrected chi connectivity index (χ4v) is 3.20. The Kier molecular flexibility index (Phi) is 4.91. The molecule has 1 aliphatic rings. The Morgan fingerprint density at radius 1 is 1.00 bits per heavy atom. The van der Waals surface area contributed by atoms with Gasteiger partial charge in [0.05, 0.1) is 0 Å². The molecule has 0 spiro atoms. The van der Waals surface area contributed by atoms with Crippen LogP contribution in [0.25, 0.3) is 0 Å². The molecule has 0 aromatic carbocycles. The molecule has 1 saturated heterocycles. The molecular formula is C19H26N4. The van der Waals surface area contributed by atoms with E-state index in [-0.39, 0.29) is 0 Å². The van der Waals surface area contributed by atoms with Gasteiger partial charge >= 0.3 is 0 Å². The summed E-state index contributed by atoms with van der Waals surface area (Å²) in [6, 6.07) is 12.9. The second-order valence-electron chi connectivity index (χ2n) is 6.64. The van der Waals surface area contributed by atoms with Crippen molar-refractivity contribution in [3.8, 4) is 0 Å². The molecule has 3 rings (SSSR count). The van der Waals surface area contributed by atoms with E-state index in [0.29, 0.717) is 12.0 Å². The number of rotatable bonds is 4. The van der Waals surface area contributed by atoms with E-state index in [2.05, 4.69) is 41.2 Å². The van der Waals surface area contributed by atoms with Crippen molar-refractivity contribution in [3.05, 3.63) is 47.8 Å². The van der Waals surface area contributed by atoms with E-state index >= 15 is 0 Å². The van der Waals surface area contributed by atoms with Crippen LogP contribution in [-0.2, 0) is 0 Å². The van der Waals surface area contributed by atoms with Gasteiger partial charge in [0.1, 0.15) is 11.6 Å². The van der Waals surface area contributed by atoms with Crippen molar-refractivity contribution >= 4 is 11.6 Å². The van der Waals surface area contributed by atoms with E-state index < -0.39 is 0 Å². The third kappa shape index (κ3) is 4.08. The fourth-order valence-electron chi connectivity index (χ4n) is 3.20. The summed E-state index contributed by atoms with van der Waals surface area (Å²) in [6.45, 7) is 8.88. The zero-order chi connectivity index (χ0) is 16.2. The summed E-state index contributed by atoms with van der Waals surface area (Å²) in [5.74, 6) is 2.30. The molecule has 1 fully saturated rings. The van der Waals surface area contributed by atoms with Gasteiger partial charge in [-0.05, 0) is 71.0 Å². The molecule has 2 aromatic heterocycles. The highest BCUT2D eigenvalue weighted by Crippen LogP contribution is 2.28.